The van der Waals surface area contributed by atoms with Crippen molar-refractivity contribution in [3.8, 4) is 17.2 Å². The number of urea groups is 1. The highest BCUT2D eigenvalue weighted by molar-refractivity contribution is 5.74. The molecule has 2 aromatic rings. The molecule has 0 radical (unpaired) electrons. The fraction of sp³-hybridized carbons (Fsp3) is 0.389. The van der Waals surface area contributed by atoms with E-state index in [9.17, 15) is 4.79 Å². The van der Waals surface area contributed by atoms with Crippen molar-refractivity contribution in [3.63, 3.8) is 0 Å². The third kappa shape index (κ3) is 6.21. The number of methoxy groups -OCH3 is 2. The second kappa shape index (κ2) is 10.7. The molecule has 0 unspecified atom stereocenters. The molecule has 0 spiro atoms. The Hall–Kier alpha value is -3.23. The first-order chi connectivity index (χ1) is 13.2. The Morgan fingerprint density at radius 3 is 2.41 bits per heavy atom. The molecule has 0 aliphatic rings. The van der Waals surface area contributed by atoms with Crippen LogP contribution in [0.3, 0.4) is 0 Å². The van der Waals surface area contributed by atoms with Crippen LogP contribution in [0.2, 0.25) is 0 Å². The molecule has 1 aromatic carbocycles. The second-order valence-electron chi connectivity index (χ2n) is 5.39. The van der Waals surface area contributed by atoms with Crippen molar-refractivity contribution >= 4 is 11.8 Å². The fourth-order valence-electron chi connectivity index (χ4n) is 2.32. The van der Waals surface area contributed by atoms with Gasteiger partial charge in [-0.1, -0.05) is 0 Å². The molecule has 0 saturated carbocycles. The molecule has 0 fully saturated rings. The SMILES string of the molecule is CCOc1c(OC)cc(CNC(=O)NCCNc2cnccn2)cc1OC. The van der Waals surface area contributed by atoms with Gasteiger partial charge in [-0.3, -0.25) is 4.98 Å². The normalized spacial score (nSPS) is 10.0. The standard InChI is InChI=1S/C18H25N5O4/c1-4-27-17-14(25-2)9-13(10-15(17)26-3)11-23-18(24)22-8-7-21-16-12-19-5-6-20-16/h5-6,9-10,12H,4,7-8,11H2,1-3H3,(H,20,21)(H2,22,23,24). The molecule has 146 valence electrons. The summed E-state index contributed by atoms with van der Waals surface area (Å²) >= 11 is 0. The Bertz CT molecular complexity index is 702. The van der Waals surface area contributed by atoms with E-state index in [-0.39, 0.29) is 6.03 Å². The van der Waals surface area contributed by atoms with E-state index in [2.05, 4.69) is 25.9 Å². The van der Waals surface area contributed by atoms with Crippen LogP contribution in [0.25, 0.3) is 0 Å². The maximum absolute atomic E-state index is 11.9. The van der Waals surface area contributed by atoms with Crippen LogP contribution >= 0.6 is 0 Å². The molecule has 0 aliphatic heterocycles. The zero-order valence-corrected chi connectivity index (χ0v) is 15.7. The van der Waals surface area contributed by atoms with Crippen molar-refractivity contribution in [2.24, 2.45) is 0 Å². The Morgan fingerprint density at radius 1 is 1.07 bits per heavy atom. The minimum atomic E-state index is -0.275. The minimum Gasteiger partial charge on any atom is -0.493 e. The average Bonchev–Trinajstić information content (AvgIpc) is 2.71. The topological polar surface area (TPSA) is 107 Å². The molecular weight excluding hydrogens is 350 g/mol. The van der Waals surface area contributed by atoms with E-state index in [4.69, 9.17) is 14.2 Å². The number of rotatable bonds is 10. The Balaban J connectivity index is 1.81. The van der Waals surface area contributed by atoms with Crippen molar-refractivity contribution in [2.75, 3.05) is 39.2 Å². The zero-order valence-electron chi connectivity index (χ0n) is 15.7. The van der Waals surface area contributed by atoms with Crippen LogP contribution in [0.5, 0.6) is 17.2 Å². The molecule has 1 aromatic heterocycles. The number of anilines is 1. The fourth-order valence-corrected chi connectivity index (χ4v) is 2.32. The van der Waals surface area contributed by atoms with E-state index in [1.165, 1.54) is 0 Å². The summed E-state index contributed by atoms with van der Waals surface area (Å²) in [4.78, 5) is 20.0. The van der Waals surface area contributed by atoms with Gasteiger partial charge in [0.15, 0.2) is 11.5 Å². The monoisotopic (exact) mass is 375 g/mol. The third-order valence-electron chi connectivity index (χ3n) is 3.54. The molecule has 2 amide bonds. The van der Waals surface area contributed by atoms with E-state index >= 15 is 0 Å². The van der Waals surface area contributed by atoms with Crippen molar-refractivity contribution in [2.45, 2.75) is 13.5 Å². The van der Waals surface area contributed by atoms with E-state index in [0.717, 1.165) is 5.56 Å². The molecule has 27 heavy (non-hydrogen) atoms. The van der Waals surface area contributed by atoms with Crippen LogP contribution in [0.1, 0.15) is 12.5 Å². The maximum Gasteiger partial charge on any atom is 0.315 e. The second-order valence-corrected chi connectivity index (χ2v) is 5.39. The van der Waals surface area contributed by atoms with Gasteiger partial charge < -0.3 is 30.2 Å². The number of amides is 2. The molecule has 9 heteroatoms. The molecule has 1 heterocycles. The summed E-state index contributed by atoms with van der Waals surface area (Å²) in [6.45, 7) is 3.69. The lowest BCUT2D eigenvalue weighted by atomic mass is 10.2. The minimum absolute atomic E-state index is 0.275. The van der Waals surface area contributed by atoms with Gasteiger partial charge in [0.25, 0.3) is 0 Å². The van der Waals surface area contributed by atoms with Gasteiger partial charge in [0.05, 0.1) is 27.0 Å². The zero-order chi connectivity index (χ0) is 19.5. The lowest BCUT2D eigenvalue weighted by Crippen LogP contribution is -2.37. The summed E-state index contributed by atoms with van der Waals surface area (Å²) in [5.74, 6) is 2.32. The van der Waals surface area contributed by atoms with Crippen LogP contribution in [-0.2, 0) is 6.54 Å². The highest BCUT2D eigenvalue weighted by atomic mass is 16.5. The Kier molecular flexibility index (Phi) is 7.95. The van der Waals surface area contributed by atoms with Crippen molar-refractivity contribution in [1.82, 2.24) is 20.6 Å². The Morgan fingerprint density at radius 2 is 1.81 bits per heavy atom. The number of ether oxygens (including phenoxy) is 3. The predicted molar refractivity (Wildman–Crippen MR) is 101 cm³/mol. The smallest absolute Gasteiger partial charge is 0.315 e. The van der Waals surface area contributed by atoms with Gasteiger partial charge in [-0.15, -0.1) is 0 Å². The number of hydrogen-bond acceptors (Lipinski definition) is 7. The number of benzene rings is 1. The summed E-state index contributed by atoms with van der Waals surface area (Å²) in [5.41, 5.74) is 0.833. The van der Waals surface area contributed by atoms with Gasteiger partial charge in [0, 0.05) is 32.0 Å². The van der Waals surface area contributed by atoms with Gasteiger partial charge in [-0.25, -0.2) is 9.78 Å². The lowest BCUT2D eigenvalue weighted by molar-refractivity contribution is 0.241. The van der Waals surface area contributed by atoms with Gasteiger partial charge in [-0.2, -0.15) is 0 Å². The van der Waals surface area contributed by atoms with Gasteiger partial charge in [0.1, 0.15) is 5.82 Å². The largest absolute Gasteiger partial charge is 0.493 e. The van der Waals surface area contributed by atoms with Gasteiger partial charge in [0.2, 0.25) is 5.75 Å². The first-order valence-corrected chi connectivity index (χ1v) is 8.57. The van der Waals surface area contributed by atoms with E-state index in [1.807, 2.05) is 19.1 Å². The van der Waals surface area contributed by atoms with Crippen LogP contribution in [0, 0.1) is 0 Å². The number of nitrogens with one attached hydrogen (secondary N) is 3. The summed E-state index contributed by atoms with van der Waals surface area (Å²) in [6.07, 6.45) is 4.82. The number of aromatic nitrogens is 2. The summed E-state index contributed by atoms with van der Waals surface area (Å²) in [5, 5.41) is 8.62. The van der Waals surface area contributed by atoms with Crippen LogP contribution in [0.4, 0.5) is 10.6 Å². The predicted octanol–water partition coefficient (Wildman–Crippen LogP) is 1.80. The number of hydrogen-bond donors (Lipinski definition) is 3. The first-order valence-electron chi connectivity index (χ1n) is 8.57. The third-order valence-corrected chi connectivity index (χ3v) is 3.54. The summed E-state index contributed by atoms with van der Waals surface area (Å²) < 4.78 is 16.3. The van der Waals surface area contributed by atoms with Crippen LogP contribution < -0.4 is 30.2 Å². The molecule has 0 atom stereocenters. The summed E-state index contributed by atoms with van der Waals surface area (Å²) in [6, 6.07) is 3.34. The highest BCUT2D eigenvalue weighted by Crippen LogP contribution is 2.38. The van der Waals surface area contributed by atoms with Gasteiger partial charge >= 0.3 is 6.03 Å². The van der Waals surface area contributed by atoms with Crippen molar-refractivity contribution < 1.29 is 19.0 Å². The number of carbonyl (C=O) groups excluding carboxylic acids is 1. The van der Waals surface area contributed by atoms with E-state index < -0.39 is 0 Å². The number of nitrogens with zero attached hydrogens (tertiary/aromatic N) is 2. The van der Waals surface area contributed by atoms with E-state index in [0.29, 0.717) is 49.3 Å². The molecule has 0 saturated heterocycles. The lowest BCUT2D eigenvalue weighted by Gasteiger charge is -2.15. The molecular formula is C18H25N5O4. The quantitative estimate of drug-likeness (QED) is 0.544. The van der Waals surface area contributed by atoms with Crippen LogP contribution in [-0.4, -0.2) is 49.9 Å². The molecule has 2 rings (SSSR count). The van der Waals surface area contributed by atoms with E-state index in [1.54, 1.807) is 32.8 Å². The molecule has 0 aliphatic carbocycles. The summed E-state index contributed by atoms with van der Waals surface area (Å²) in [7, 11) is 3.12. The van der Waals surface area contributed by atoms with Crippen molar-refractivity contribution in [3.05, 3.63) is 36.3 Å². The molecule has 3 N–H and O–H groups in total. The maximum atomic E-state index is 11.9. The van der Waals surface area contributed by atoms with Crippen LogP contribution in [0.15, 0.2) is 30.7 Å². The van der Waals surface area contributed by atoms with Gasteiger partial charge in [-0.05, 0) is 24.6 Å². The number of carbonyl (C=O) groups is 1. The first kappa shape index (κ1) is 20.1. The molecule has 9 nitrogen and oxygen atoms in total. The average molecular weight is 375 g/mol. The molecule has 0 bridgehead atoms. The highest BCUT2D eigenvalue weighted by Gasteiger charge is 2.14. The Labute approximate surface area is 158 Å². The van der Waals surface area contributed by atoms with Crippen molar-refractivity contribution in [1.29, 1.82) is 0 Å².